The summed E-state index contributed by atoms with van der Waals surface area (Å²) in [6.45, 7) is 3.94. The summed E-state index contributed by atoms with van der Waals surface area (Å²) in [5.41, 5.74) is 7.05. The van der Waals surface area contributed by atoms with E-state index in [9.17, 15) is 4.39 Å². The Hall–Kier alpha value is -3.58. The van der Waals surface area contributed by atoms with Crippen LogP contribution in [0.25, 0.3) is 44.6 Å². The Morgan fingerprint density at radius 1 is 1.03 bits per heavy atom. The minimum Gasteiger partial charge on any atom is -0.337 e. The first kappa shape index (κ1) is 19.1. The first-order valence-corrected chi connectivity index (χ1v) is 11.0. The Kier molecular flexibility index (Phi) is 4.50. The summed E-state index contributed by atoms with van der Waals surface area (Å²) < 4.78 is 14.1. The lowest BCUT2D eigenvalue weighted by atomic mass is 9.93. The van der Waals surface area contributed by atoms with Crippen LogP contribution in [0.3, 0.4) is 0 Å². The van der Waals surface area contributed by atoms with E-state index in [1.54, 1.807) is 6.07 Å². The van der Waals surface area contributed by atoms with Gasteiger partial charge in [0, 0.05) is 22.6 Å². The summed E-state index contributed by atoms with van der Waals surface area (Å²) in [7, 11) is 0. The maximum atomic E-state index is 14.1. The maximum absolute atomic E-state index is 14.1. The number of benzene rings is 2. The van der Waals surface area contributed by atoms with E-state index in [-0.39, 0.29) is 5.82 Å². The molecule has 7 heteroatoms. The Morgan fingerprint density at radius 2 is 1.91 bits per heavy atom. The zero-order chi connectivity index (χ0) is 21.7. The van der Waals surface area contributed by atoms with E-state index in [4.69, 9.17) is 4.98 Å². The molecule has 3 N–H and O–H groups in total. The number of piperidine rings is 1. The van der Waals surface area contributed by atoms with Gasteiger partial charge in [0.1, 0.15) is 11.5 Å². The molecule has 6 nitrogen and oxygen atoms in total. The molecule has 0 atom stereocenters. The normalized spacial score (nSPS) is 15.1. The molecule has 1 aliphatic rings. The fourth-order valence-corrected chi connectivity index (χ4v) is 4.72. The number of halogens is 1. The van der Waals surface area contributed by atoms with Gasteiger partial charge in [-0.25, -0.2) is 9.37 Å². The average Bonchev–Trinajstić information content (AvgIpc) is 3.42. The molecule has 1 aliphatic heterocycles. The molecule has 0 bridgehead atoms. The highest BCUT2D eigenvalue weighted by atomic mass is 19.1. The molecule has 0 saturated carbocycles. The van der Waals surface area contributed by atoms with Crippen LogP contribution in [0, 0.1) is 12.7 Å². The van der Waals surface area contributed by atoms with E-state index < -0.39 is 0 Å². The quantitative estimate of drug-likeness (QED) is 0.376. The number of aromatic amines is 2. The highest BCUT2D eigenvalue weighted by molar-refractivity contribution is 5.97. The molecule has 1 fully saturated rings. The lowest BCUT2D eigenvalue weighted by Gasteiger charge is -2.21. The Labute approximate surface area is 184 Å². The van der Waals surface area contributed by atoms with Gasteiger partial charge in [0.05, 0.1) is 22.7 Å². The van der Waals surface area contributed by atoms with Gasteiger partial charge in [-0.15, -0.1) is 0 Å². The Balaban J connectivity index is 1.47. The van der Waals surface area contributed by atoms with Crippen LogP contribution in [0.2, 0.25) is 0 Å². The molecule has 32 heavy (non-hydrogen) atoms. The number of nitrogens with one attached hydrogen (secondary N) is 3. The number of hydrogen-bond acceptors (Lipinski definition) is 4. The third kappa shape index (κ3) is 3.26. The summed E-state index contributed by atoms with van der Waals surface area (Å²) in [6, 6.07) is 13.1. The molecule has 0 aliphatic carbocycles. The summed E-state index contributed by atoms with van der Waals surface area (Å²) in [5, 5.41) is 12.1. The smallest absolute Gasteiger partial charge is 0.159 e. The van der Waals surface area contributed by atoms with Crippen molar-refractivity contribution in [2.75, 3.05) is 13.1 Å². The Bertz CT molecular complexity index is 1420. The molecule has 4 heterocycles. The zero-order valence-corrected chi connectivity index (χ0v) is 17.7. The fourth-order valence-electron chi connectivity index (χ4n) is 4.72. The third-order valence-corrected chi connectivity index (χ3v) is 6.32. The Morgan fingerprint density at radius 3 is 2.75 bits per heavy atom. The molecule has 3 aromatic heterocycles. The summed E-state index contributed by atoms with van der Waals surface area (Å²) in [5.74, 6) is 0.903. The van der Waals surface area contributed by atoms with Gasteiger partial charge in [-0.2, -0.15) is 5.10 Å². The van der Waals surface area contributed by atoms with Crippen molar-refractivity contribution in [3.63, 3.8) is 0 Å². The van der Waals surface area contributed by atoms with Crippen molar-refractivity contribution in [2.24, 2.45) is 0 Å². The van der Waals surface area contributed by atoms with E-state index in [1.165, 1.54) is 6.07 Å². The van der Waals surface area contributed by atoms with E-state index >= 15 is 0 Å². The van der Waals surface area contributed by atoms with Crippen LogP contribution in [0.5, 0.6) is 0 Å². The van der Waals surface area contributed by atoms with Gasteiger partial charge in [0.25, 0.3) is 0 Å². The predicted molar refractivity (Wildman–Crippen MR) is 124 cm³/mol. The molecule has 1 saturated heterocycles. The molecular weight excluding hydrogens is 403 g/mol. The van der Waals surface area contributed by atoms with Gasteiger partial charge in [-0.3, -0.25) is 10.1 Å². The first-order valence-electron chi connectivity index (χ1n) is 11.0. The number of hydrogen-bond donors (Lipinski definition) is 3. The van der Waals surface area contributed by atoms with Gasteiger partial charge in [0.2, 0.25) is 0 Å². The minimum absolute atomic E-state index is 0.246. The summed E-state index contributed by atoms with van der Waals surface area (Å²) in [4.78, 5) is 13.0. The second-order valence-corrected chi connectivity index (χ2v) is 8.56. The standard InChI is InChI=1S/C25H23FN6/c1-14-9-16(11-17(26)10-14)18-3-2-4-20-23(18)30-25(29-20)24-19-12-21(15-5-7-27-8-6-15)28-13-22(19)31-32-24/h2-4,9-13,15,27H,5-8H2,1H3,(H,29,30)(H,31,32). The largest absolute Gasteiger partial charge is 0.337 e. The van der Waals surface area contributed by atoms with E-state index in [0.717, 1.165) is 75.9 Å². The maximum Gasteiger partial charge on any atom is 0.159 e. The van der Waals surface area contributed by atoms with Crippen LogP contribution in [-0.4, -0.2) is 38.2 Å². The lowest BCUT2D eigenvalue weighted by Crippen LogP contribution is -2.27. The monoisotopic (exact) mass is 426 g/mol. The van der Waals surface area contributed by atoms with Crippen molar-refractivity contribution >= 4 is 21.9 Å². The topological polar surface area (TPSA) is 82.3 Å². The van der Waals surface area contributed by atoms with Crippen LogP contribution in [0.1, 0.15) is 30.0 Å². The number of H-pyrrole nitrogens is 2. The van der Waals surface area contributed by atoms with Crippen LogP contribution in [0.15, 0.2) is 48.7 Å². The van der Waals surface area contributed by atoms with Crippen molar-refractivity contribution in [2.45, 2.75) is 25.7 Å². The molecule has 0 spiro atoms. The SMILES string of the molecule is Cc1cc(F)cc(-c2cccc3[nH]c(-c4n[nH]c5cnc(C6CCNCC6)cc45)nc23)c1. The highest BCUT2D eigenvalue weighted by Gasteiger charge is 2.20. The van der Waals surface area contributed by atoms with Gasteiger partial charge in [-0.1, -0.05) is 18.2 Å². The molecule has 0 unspecified atom stereocenters. The van der Waals surface area contributed by atoms with Gasteiger partial charge < -0.3 is 10.3 Å². The average molecular weight is 426 g/mol. The lowest BCUT2D eigenvalue weighted by molar-refractivity contribution is 0.453. The summed E-state index contributed by atoms with van der Waals surface area (Å²) in [6.07, 6.45) is 4.05. The second-order valence-electron chi connectivity index (χ2n) is 8.56. The number of pyridine rings is 1. The van der Waals surface area contributed by atoms with Crippen LogP contribution < -0.4 is 5.32 Å². The number of imidazole rings is 1. The zero-order valence-electron chi connectivity index (χ0n) is 17.7. The molecule has 6 rings (SSSR count). The number of fused-ring (bicyclic) bond motifs is 2. The molecular formula is C25H23FN6. The number of rotatable bonds is 3. The van der Waals surface area contributed by atoms with Crippen LogP contribution in [-0.2, 0) is 0 Å². The number of aromatic nitrogens is 5. The molecule has 0 radical (unpaired) electrons. The van der Waals surface area contributed by atoms with Crippen molar-refractivity contribution in [1.29, 1.82) is 0 Å². The van der Waals surface area contributed by atoms with Crippen LogP contribution in [0.4, 0.5) is 4.39 Å². The predicted octanol–water partition coefficient (Wildman–Crippen LogP) is 5.08. The summed E-state index contributed by atoms with van der Waals surface area (Å²) >= 11 is 0. The van der Waals surface area contributed by atoms with Crippen molar-refractivity contribution in [1.82, 2.24) is 30.5 Å². The number of para-hydroxylation sites is 1. The third-order valence-electron chi connectivity index (χ3n) is 6.32. The minimum atomic E-state index is -0.246. The molecule has 2 aromatic carbocycles. The number of nitrogens with zero attached hydrogens (tertiary/aromatic N) is 3. The first-order chi connectivity index (χ1) is 15.7. The van der Waals surface area contributed by atoms with Gasteiger partial charge in [-0.05, 0) is 68.2 Å². The van der Waals surface area contributed by atoms with Crippen molar-refractivity contribution in [3.8, 4) is 22.6 Å². The number of aryl methyl sites for hydroxylation is 1. The van der Waals surface area contributed by atoms with E-state index in [1.807, 2.05) is 37.4 Å². The van der Waals surface area contributed by atoms with E-state index in [0.29, 0.717) is 11.7 Å². The van der Waals surface area contributed by atoms with Gasteiger partial charge >= 0.3 is 0 Å². The van der Waals surface area contributed by atoms with Crippen molar-refractivity contribution in [3.05, 3.63) is 65.7 Å². The molecule has 160 valence electrons. The van der Waals surface area contributed by atoms with Crippen molar-refractivity contribution < 1.29 is 4.39 Å². The van der Waals surface area contributed by atoms with E-state index in [2.05, 4.69) is 31.5 Å². The molecule has 5 aromatic rings. The van der Waals surface area contributed by atoms with Crippen LogP contribution >= 0.6 is 0 Å². The molecule has 0 amide bonds. The fraction of sp³-hybridized carbons (Fsp3) is 0.240. The second kappa shape index (κ2) is 7.53. The van der Waals surface area contributed by atoms with Gasteiger partial charge in [0.15, 0.2) is 5.82 Å². The highest BCUT2D eigenvalue weighted by Crippen LogP contribution is 2.33.